The Morgan fingerprint density at radius 1 is 1.00 bits per heavy atom. The topological polar surface area (TPSA) is 68.4 Å². The number of anilines is 2. The van der Waals surface area contributed by atoms with Crippen molar-refractivity contribution in [2.75, 3.05) is 30.4 Å². The number of aromatic nitrogens is 1. The number of benzene rings is 2. The Hall–Kier alpha value is -4.10. The van der Waals surface area contributed by atoms with Crippen LogP contribution in [0.3, 0.4) is 0 Å². The maximum Gasteiger partial charge on any atom is 0.417 e. The van der Waals surface area contributed by atoms with Gasteiger partial charge >= 0.3 is 6.18 Å². The minimum atomic E-state index is -4.89. The van der Waals surface area contributed by atoms with Gasteiger partial charge in [0.05, 0.1) is 22.5 Å². The van der Waals surface area contributed by atoms with Crippen LogP contribution in [0, 0.1) is 17.7 Å². The van der Waals surface area contributed by atoms with Gasteiger partial charge in [-0.05, 0) is 63.4 Å². The van der Waals surface area contributed by atoms with Gasteiger partial charge < -0.3 is 15.2 Å². The molecule has 198 valence electrons. The highest BCUT2D eigenvalue weighted by atomic mass is 19.4. The second-order valence-corrected chi connectivity index (χ2v) is 9.33. The molecule has 1 fully saturated rings. The first kappa shape index (κ1) is 26.9. The van der Waals surface area contributed by atoms with E-state index in [-0.39, 0.29) is 23.6 Å². The molecule has 6 nitrogen and oxygen atoms in total. The first-order valence-electron chi connectivity index (χ1n) is 11.9. The van der Waals surface area contributed by atoms with Crippen LogP contribution in [-0.4, -0.2) is 48.0 Å². The number of likely N-dealkylation sites (N-methyl/N-ethyl adjacent to an activating group) is 1. The zero-order chi connectivity index (χ0) is 27.6. The molecule has 0 spiro atoms. The molecule has 2 heterocycles. The third kappa shape index (κ3) is 6.06. The van der Waals surface area contributed by atoms with E-state index in [2.05, 4.69) is 45.8 Å². The Labute approximate surface area is 217 Å². The van der Waals surface area contributed by atoms with E-state index < -0.39 is 28.8 Å². The van der Waals surface area contributed by atoms with Gasteiger partial charge in [0.25, 0.3) is 5.91 Å². The molecule has 10 heteroatoms. The van der Waals surface area contributed by atoms with Gasteiger partial charge in [0.15, 0.2) is 0 Å². The summed E-state index contributed by atoms with van der Waals surface area (Å²) in [4.78, 5) is 31.1. The smallest absolute Gasteiger partial charge is 0.367 e. The number of rotatable bonds is 3. The number of amides is 1. The van der Waals surface area contributed by atoms with Crippen LogP contribution in [0.5, 0.6) is 0 Å². The fourth-order valence-corrected chi connectivity index (χ4v) is 4.35. The zero-order valence-electron chi connectivity index (χ0n) is 21.0. The van der Waals surface area contributed by atoms with E-state index in [1.54, 1.807) is 18.2 Å². The minimum Gasteiger partial charge on any atom is -0.367 e. The molecule has 0 bridgehead atoms. The highest BCUT2D eigenvalue weighted by Crippen LogP contribution is 2.33. The first-order chi connectivity index (χ1) is 17.9. The van der Waals surface area contributed by atoms with E-state index in [0.29, 0.717) is 36.0 Å². The summed E-state index contributed by atoms with van der Waals surface area (Å²) >= 11 is 0. The molecule has 2 aromatic carbocycles. The number of hydrogen-bond donors (Lipinski definition) is 2. The lowest BCUT2D eigenvalue weighted by Crippen LogP contribution is -2.55. The standard InChI is InChI=1S/C28H26F4N4O2/c1-17-15-36(16-18(2)35(17)3)25-11-8-20(5-4-19-6-9-21(29)10-7-19)12-24(25)34-27(38)22-14-33-26(37)13-23(22)28(30,31)32/h6-14,17-18H,15-16H2,1-3H3,(H,33,37)(H,34,38)/t17-,18-/m0/s1. The molecule has 4 rings (SSSR count). The van der Waals surface area contributed by atoms with Crippen LogP contribution in [0.15, 0.2) is 59.5 Å². The number of pyridine rings is 1. The molecule has 3 aromatic rings. The SMILES string of the molecule is C[C@H]1CN(c2ccc(C#Cc3ccc(F)cc3)cc2NC(=O)c2c[nH]c(=O)cc2C(F)(F)F)C[C@H](C)N1C. The second kappa shape index (κ2) is 10.7. The minimum absolute atomic E-state index is 0.191. The van der Waals surface area contributed by atoms with Crippen molar-refractivity contribution in [3.8, 4) is 11.8 Å². The van der Waals surface area contributed by atoms with Crippen LogP contribution in [0.2, 0.25) is 0 Å². The number of H-pyrrole nitrogens is 1. The molecule has 1 aliphatic rings. The van der Waals surface area contributed by atoms with Gasteiger partial charge in [-0.15, -0.1) is 0 Å². The normalized spacial score (nSPS) is 18.0. The highest BCUT2D eigenvalue weighted by molar-refractivity contribution is 6.07. The van der Waals surface area contributed by atoms with Crippen molar-refractivity contribution in [2.24, 2.45) is 0 Å². The van der Waals surface area contributed by atoms with Gasteiger partial charge in [0, 0.05) is 48.6 Å². The van der Waals surface area contributed by atoms with Gasteiger partial charge in [0.1, 0.15) is 5.82 Å². The molecule has 38 heavy (non-hydrogen) atoms. The molecule has 1 aliphatic heterocycles. The zero-order valence-corrected chi connectivity index (χ0v) is 21.0. The largest absolute Gasteiger partial charge is 0.417 e. The maximum absolute atomic E-state index is 13.6. The monoisotopic (exact) mass is 526 g/mol. The highest BCUT2D eigenvalue weighted by Gasteiger charge is 2.36. The number of nitrogens with one attached hydrogen (secondary N) is 2. The average Bonchev–Trinajstić information content (AvgIpc) is 2.86. The molecular weight excluding hydrogens is 500 g/mol. The predicted octanol–water partition coefficient (Wildman–Crippen LogP) is 4.71. The Balaban J connectivity index is 1.73. The summed E-state index contributed by atoms with van der Waals surface area (Å²) in [6, 6.07) is 11.5. The molecule has 0 aliphatic carbocycles. The van der Waals surface area contributed by atoms with Crippen LogP contribution in [0.4, 0.5) is 28.9 Å². The van der Waals surface area contributed by atoms with Gasteiger partial charge in [-0.3, -0.25) is 14.5 Å². The molecule has 2 atom stereocenters. The number of piperazine rings is 1. The number of alkyl halides is 3. The number of carbonyl (C=O) groups is 1. The van der Waals surface area contributed by atoms with Crippen LogP contribution >= 0.6 is 0 Å². The van der Waals surface area contributed by atoms with Crippen molar-refractivity contribution in [1.29, 1.82) is 0 Å². The van der Waals surface area contributed by atoms with Crippen molar-refractivity contribution in [2.45, 2.75) is 32.1 Å². The van der Waals surface area contributed by atoms with E-state index >= 15 is 0 Å². The molecular formula is C28H26F4N4O2. The summed E-state index contributed by atoms with van der Waals surface area (Å²) in [5, 5.41) is 2.61. The van der Waals surface area contributed by atoms with E-state index in [1.165, 1.54) is 24.3 Å². The third-order valence-corrected chi connectivity index (χ3v) is 6.61. The van der Waals surface area contributed by atoms with Crippen LogP contribution in [-0.2, 0) is 6.18 Å². The summed E-state index contributed by atoms with van der Waals surface area (Å²) in [5.74, 6) is 4.46. The summed E-state index contributed by atoms with van der Waals surface area (Å²) in [5.41, 5.74) is -1.000. The molecule has 2 N–H and O–H groups in total. The van der Waals surface area contributed by atoms with E-state index in [0.717, 1.165) is 6.20 Å². The molecule has 1 amide bonds. The van der Waals surface area contributed by atoms with E-state index in [4.69, 9.17) is 0 Å². The molecule has 1 saturated heterocycles. The van der Waals surface area contributed by atoms with E-state index in [1.807, 2.05) is 7.05 Å². The number of hydrogen-bond acceptors (Lipinski definition) is 4. The summed E-state index contributed by atoms with van der Waals surface area (Å²) in [7, 11) is 2.03. The first-order valence-corrected chi connectivity index (χ1v) is 11.9. The predicted molar refractivity (Wildman–Crippen MR) is 138 cm³/mol. The number of halogens is 4. The Morgan fingerprint density at radius 2 is 1.61 bits per heavy atom. The fourth-order valence-electron chi connectivity index (χ4n) is 4.35. The van der Waals surface area contributed by atoms with Crippen molar-refractivity contribution in [3.63, 3.8) is 0 Å². The summed E-state index contributed by atoms with van der Waals surface area (Å²) in [6.45, 7) is 5.41. The maximum atomic E-state index is 13.6. The van der Waals surface area contributed by atoms with E-state index in [9.17, 15) is 27.2 Å². The Morgan fingerprint density at radius 3 is 2.24 bits per heavy atom. The van der Waals surface area contributed by atoms with Crippen molar-refractivity contribution < 1.29 is 22.4 Å². The van der Waals surface area contributed by atoms with Gasteiger partial charge in [0.2, 0.25) is 5.56 Å². The summed E-state index contributed by atoms with van der Waals surface area (Å²) < 4.78 is 54.0. The van der Waals surface area contributed by atoms with Gasteiger partial charge in [-0.25, -0.2) is 4.39 Å². The second-order valence-electron chi connectivity index (χ2n) is 9.33. The van der Waals surface area contributed by atoms with Crippen molar-refractivity contribution >= 4 is 17.3 Å². The van der Waals surface area contributed by atoms with Crippen molar-refractivity contribution in [3.05, 3.63) is 93.2 Å². The lowest BCUT2D eigenvalue weighted by atomic mass is 10.1. The number of carbonyl (C=O) groups excluding carboxylic acids is 1. The number of nitrogens with zero attached hydrogens (tertiary/aromatic N) is 2. The fraction of sp³-hybridized carbons (Fsp3) is 0.286. The van der Waals surface area contributed by atoms with Crippen molar-refractivity contribution in [1.82, 2.24) is 9.88 Å². The lowest BCUT2D eigenvalue weighted by molar-refractivity contribution is -0.138. The number of aromatic amines is 1. The van der Waals surface area contributed by atoms with Gasteiger partial charge in [-0.1, -0.05) is 11.8 Å². The summed E-state index contributed by atoms with van der Waals surface area (Å²) in [6.07, 6.45) is -4.13. The Bertz CT molecular complexity index is 1440. The Kier molecular flexibility index (Phi) is 7.60. The van der Waals surface area contributed by atoms with Gasteiger partial charge in [-0.2, -0.15) is 13.2 Å². The average molecular weight is 527 g/mol. The molecule has 0 saturated carbocycles. The van der Waals surface area contributed by atoms with Crippen LogP contribution in [0.25, 0.3) is 0 Å². The lowest BCUT2D eigenvalue weighted by Gasteiger charge is -2.44. The molecule has 0 radical (unpaired) electrons. The third-order valence-electron chi connectivity index (χ3n) is 6.61. The quantitative estimate of drug-likeness (QED) is 0.383. The van der Waals surface area contributed by atoms with Crippen LogP contribution in [0.1, 0.15) is 40.9 Å². The molecule has 0 unspecified atom stereocenters. The molecule has 1 aromatic heterocycles. The van der Waals surface area contributed by atoms with Crippen LogP contribution < -0.4 is 15.8 Å².